The summed E-state index contributed by atoms with van der Waals surface area (Å²) in [4.78, 5) is 4.49. The number of benzene rings is 1. The Balaban J connectivity index is 2.33. The lowest BCUT2D eigenvalue weighted by molar-refractivity contribution is 0.954. The highest BCUT2D eigenvalue weighted by Gasteiger charge is 2.06. The molecule has 1 aromatic carbocycles. The van der Waals surface area contributed by atoms with E-state index in [1.807, 2.05) is 29.6 Å². The van der Waals surface area contributed by atoms with Gasteiger partial charge in [-0.2, -0.15) is 0 Å². The Labute approximate surface area is 97.7 Å². The summed E-state index contributed by atoms with van der Waals surface area (Å²) in [6.07, 6.45) is 0.828. The molecule has 0 aliphatic rings. The Bertz CT molecular complexity index is 453. The van der Waals surface area contributed by atoms with Crippen LogP contribution in [0.5, 0.6) is 0 Å². The summed E-state index contributed by atoms with van der Waals surface area (Å²) in [6, 6.07) is 7.73. The van der Waals surface area contributed by atoms with E-state index < -0.39 is 0 Å². The number of hydrogen-bond acceptors (Lipinski definition) is 3. The van der Waals surface area contributed by atoms with E-state index in [2.05, 4.69) is 4.98 Å². The minimum atomic E-state index is 0.634. The molecule has 2 aromatic rings. The van der Waals surface area contributed by atoms with E-state index in [4.69, 9.17) is 17.3 Å². The van der Waals surface area contributed by atoms with Gasteiger partial charge < -0.3 is 5.73 Å². The van der Waals surface area contributed by atoms with Crippen LogP contribution in [0.15, 0.2) is 29.6 Å². The smallest absolute Gasteiger partial charge is 0.0945 e. The Morgan fingerprint density at radius 1 is 1.33 bits per heavy atom. The molecule has 0 bridgehead atoms. The van der Waals surface area contributed by atoms with Crippen molar-refractivity contribution in [3.05, 3.63) is 39.7 Å². The minimum Gasteiger partial charge on any atom is -0.330 e. The molecule has 2 nitrogen and oxygen atoms in total. The SMILES string of the molecule is NCCc1nc(-c2ccccc2Cl)cs1. The van der Waals surface area contributed by atoms with Gasteiger partial charge in [-0.15, -0.1) is 11.3 Å². The number of aromatic nitrogens is 1. The molecule has 15 heavy (non-hydrogen) atoms. The molecule has 0 saturated carbocycles. The highest BCUT2D eigenvalue weighted by Crippen LogP contribution is 2.28. The molecule has 0 saturated heterocycles. The van der Waals surface area contributed by atoms with Gasteiger partial charge in [0.1, 0.15) is 0 Å². The van der Waals surface area contributed by atoms with Gasteiger partial charge in [-0.3, -0.25) is 0 Å². The molecular formula is C11H11ClN2S. The van der Waals surface area contributed by atoms with Crippen LogP contribution < -0.4 is 5.73 Å². The highest BCUT2D eigenvalue weighted by atomic mass is 35.5. The zero-order chi connectivity index (χ0) is 10.7. The van der Waals surface area contributed by atoms with E-state index in [1.54, 1.807) is 11.3 Å². The molecular weight excluding hydrogens is 228 g/mol. The van der Waals surface area contributed by atoms with Gasteiger partial charge in [-0.05, 0) is 12.6 Å². The van der Waals surface area contributed by atoms with Gasteiger partial charge in [0.25, 0.3) is 0 Å². The summed E-state index contributed by atoms with van der Waals surface area (Å²) in [5.41, 5.74) is 7.40. The largest absolute Gasteiger partial charge is 0.330 e. The number of halogens is 1. The van der Waals surface area contributed by atoms with Crippen molar-refractivity contribution in [1.82, 2.24) is 4.98 Å². The molecule has 78 valence electrons. The average molecular weight is 239 g/mol. The predicted octanol–water partition coefficient (Wildman–Crippen LogP) is 2.96. The molecule has 2 rings (SSSR count). The molecule has 0 aliphatic heterocycles. The number of nitrogens with two attached hydrogens (primary N) is 1. The first-order valence-electron chi connectivity index (χ1n) is 4.70. The third-order valence-electron chi connectivity index (χ3n) is 2.06. The second-order valence-electron chi connectivity index (χ2n) is 3.15. The maximum atomic E-state index is 6.09. The Morgan fingerprint density at radius 2 is 2.13 bits per heavy atom. The summed E-state index contributed by atoms with van der Waals surface area (Å²) in [5, 5.41) is 3.82. The molecule has 0 amide bonds. The number of nitrogens with zero attached hydrogens (tertiary/aromatic N) is 1. The van der Waals surface area contributed by atoms with Gasteiger partial charge in [-0.25, -0.2) is 4.98 Å². The zero-order valence-electron chi connectivity index (χ0n) is 8.11. The normalized spacial score (nSPS) is 10.5. The van der Waals surface area contributed by atoms with Crippen LogP contribution in [0, 0.1) is 0 Å². The lowest BCUT2D eigenvalue weighted by atomic mass is 10.2. The fraction of sp³-hybridized carbons (Fsp3) is 0.182. The molecule has 0 spiro atoms. The van der Waals surface area contributed by atoms with Crippen LogP contribution >= 0.6 is 22.9 Å². The van der Waals surface area contributed by atoms with Crippen LogP contribution in [0.25, 0.3) is 11.3 Å². The standard InChI is InChI=1S/C11H11ClN2S/c12-9-4-2-1-3-8(9)10-7-15-11(14-10)5-6-13/h1-4,7H,5-6,13H2. The summed E-state index contributed by atoms with van der Waals surface area (Å²) in [6.45, 7) is 0.634. The van der Waals surface area contributed by atoms with E-state index >= 15 is 0 Å². The monoisotopic (exact) mass is 238 g/mol. The summed E-state index contributed by atoms with van der Waals surface area (Å²) < 4.78 is 0. The van der Waals surface area contributed by atoms with E-state index in [-0.39, 0.29) is 0 Å². The number of rotatable bonds is 3. The van der Waals surface area contributed by atoms with Crippen LogP contribution in [-0.4, -0.2) is 11.5 Å². The second-order valence-corrected chi connectivity index (χ2v) is 4.49. The van der Waals surface area contributed by atoms with Crippen LogP contribution in [0.1, 0.15) is 5.01 Å². The second kappa shape index (κ2) is 4.75. The van der Waals surface area contributed by atoms with Crippen LogP contribution in [0.2, 0.25) is 5.02 Å². The molecule has 0 fully saturated rings. The molecule has 1 heterocycles. The summed E-state index contributed by atoms with van der Waals surface area (Å²) >= 11 is 7.71. The molecule has 2 N–H and O–H groups in total. The van der Waals surface area contributed by atoms with Crippen molar-refractivity contribution in [2.24, 2.45) is 5.73 Å². The van der Waals surface area contributed by atoms with Gasteiger partial charge in [0.05, 0.1) is 10.7 Å². The fourth-order valence-corrected chi connectivity index (χ4v) is 2.39. The van der Waals surface area contributed by atoms with Crippen LogP contribution in [-0.2, 0) is 6.42 Å². The van der Waals surface area contributed by atoms with Crippen molar-refractivity contribution in [2.45, 2.75) is 6.42 Å². The lowest BCUT2D eigenvalue weighted by Crippen LogP contribution is -2.01. The first-order chi connectivity index (χ1) is 7.31. The Hall–Kier alpha value is -0.900. The van der Waals surface area contributed by atoms with Crippen molar-refractivity contribution in [3.63, 3.8) is 0 Å². The van der Waals surface area contributed by atoms with Crippen molar-refractivity contribution >= 4 is 22.9 Å². The maximum absolute atomic E-state index is 6.09. The maximum Gasteiger partial charge on any atom is 0.0945 e. The van der Waals surface area contributed by atoms with Gasteiger partial charge in [-0.1, -0.05) is 29.8 Å². The molecule has 0 radical (unpaired) electrons. The minimum absolute atomic E-state index is 0.634. The molecule has 0 aliphatic carbocycles. The quantitative estimate of drug-likeness (QED) is 0.893. The van der Waals surface area contributed by atoms with Crippen molar-refractivity contribution in [3.8, 4) is 11.3 Å². The first kappa shape index (κ1) is 10.6. The molecule has 0 unspecified atom stereocenters. The van der Waals surface area contributed by atoms with E-state index in [0.29, 0.717) is 6.54 Å². The third-order valence-corrected chi connectivity index (χ3v) is 3.30. The first-order valence-corrected chi connectivity index (χ1v) is 5.96. The number of hydrogen-bond donors (Lipinski definition) is 1. The van der Waals surface area contributed by atoms with Crippen LogP contribution in [0.4, 0.5) is 0 Å². The van der Waals surface area contributed by atoms with Gasteiger partial charge in [0.15, 0.2) is 0 Å². The highest BCUT2D eigenvalue weighted by molar-refractivity contribution is 7.09. The van der Waals surface area contributed by atoms with E-state index in [9.17, 15) is 0 Å². The van der Waals surface area contributed by atoms with Gasteiger partial charge in [0.2, 0.25) is 0 Å². The Kier molecular flexibility index (Phi) is 3.36. The lowest BCUT2D eigenvalue weighted by Gasteiger charge is -1.98. The van der Waals surface area contributed by atoms with Gasteiger partial charge >= 0.3 is 0 Å². The molecule has 4 heteroatoms. The summed E-state index contributed by atoms with van der Waals surface area (Å²) in [5.74, 6) is 0. The van der Waals surface area contributed by atoms with Crippen molar-refractivity contribution < 1.29 is 0 Å². The molecule has 1 aromatic heterocycles. The van der Waals surface area contributed by atoms with Crippen molar-refractivity contribution in [1.29, 1.82) is 0 Å². The van der Waals surface area contributed by atoms with Crippen LogP contribution in [0.3, 0.4) is 0 Å². The predicted molar refractivity (Wildman–Crippen MR) is 65.3 cm³/mol. The Morgan fingerprint density at radius 3 is 2.87 bits per heavy atom. The van der Waals surface area contributed by atoms with Crippen molar-refractivity contribution in [2.75, 3.05) is 6.54 Å². The number of thiazole rings is 1. The van der Waals surface area contributed by atoms with E-state index in [1.165, 1.54) is 0 Å². The zero-order valence-corrected chi connectivity index (χ0v) is 9.68. The third kappa shape index (κ3) is 2.37. The molecule has 0 atom stereocenters. The topological polar surface area (TPSA) is 38.9 Å². The average Bonchev–Trinajstić information content (AvgIpc) is 2.68. The van der Waals surface area contributed by atoms with Gasteiger partial charge in [0, 0.05) is 22.4 Å². The summed E-state index contributed by atoms with van der Waals surface area (Å²) in [7, 11) is 0. The fourth-order valence-electron chi connectivity index (χ4n) is 1.34. The van der Waals surface area contributed by atoms with E-state index in [0.717, 1.165) is 27.7 Å².